The fraction of sp³-hybridized carbons (Fsp3) is 0.250. The summed E-state index contributed by atoms with van der Waals surface area (Å²) in [6.07, 6.45) is -2.68. The van der Waals surface area contributed by atoms with E-state index in [0.717, 1.165) is 0 Å². The van der Waals surface area contributed by atoms with E-state index in [0.29, 0.717) is 9.26 Å². The van der Waals surface area contributed by atoms with Gasteiger partial charge in [0.05, 0.1) is 11.3 Å². The number of alkyl halides is 2. The average molecular weight is 309 g/mol. The molecule has 0 bridgehead atoms. The van der Waals surface area contributed by atoms with Crippen molar-refractivity contribution in [2.45, 2.75) is 13.0 Å². The van der Waals surface area contributed by atoms with Gasteiger partial charge in [0, 0.05) is 10.1 Å². The molecular formula is C8H6F2IN3. The molecule has 0 aromatic carbocycles. The molecule has 0 atom stereocenters. The molecule has 14 heavy (non-hydrogen) atoms. The maximum atomic E-state index is 12.4. The van der Waals surface area contributed by atoms with Crippen molar-refractivity contribution in [1.82, 2.24) is 4.98 Å². The van der Waals surface area contributed by atoms with Crippen LogP contribution in [0.1, 0.15) is 23.4 Å². The van der Waals surface area contributed by atoms with Crippen molar-refractivity contribution in [1.29, 1.82) is 5.26 Å². The largest absolute Gasteiger partial charge is 0.325 e. The van der Waals surface area contributed by atoms with Crippen LogP contribution in [0.25, 0.3) is 0 Å². The minimum Gasteiger partial charge on any atom is -0.325 e. The minimum absolute atomic E-state index is 0.135. The predicted octanol–water partition coefficient (Wildman–Crippen LogP) is 1.95. The van der Waals surface area contributed by atoms with Gasteiger partial charge in [-0.2, -0.15) is 5.26 Å². The van der Waals surface area contributed by atoms with Gasteiger partial charge >= 0.3 is 0 Å². The Morgan fingerprint density at radius 3 is 2.71 bits per heavy atom. The molecule has 1 aromatic heterocycles. The lowest BCUT2D eigenvalue weighted by Gasteiger charge is -2.06. The zero-order valence-electron chi connectivity index (χ0n) is 6.97. The second-order valence-corrected chi connectivity index (χ2v) is 3.63. The number of aromatic nitrogens is 1. The van der Waals surface area contributed by atoms with Crippen molar-refractivity contribution in [2.24, 2.45) is 5.73 Å². The maximum Gasteiger partial charge on any atom is 0.266 e. The lowest BCUT2D eigenvalue weighted by Crippen LogP contribution is -2.06. The molecule has 0 radical (unpaired) electrons. The zero-order chi connectivity index (χ0) is 10.7. The first-order valence-corrected chi connectivity index (χ1v) is 4.75. The van der Waals surface area contributed by atoms with Gasteiger partial charge in [-0.05, 0) is 28.7 Å². The molecule has 1 rings (SSSR count). The van der Waals surface area contributed by atoms with E-state index >= 15 is 0 Å². The molecule has 1 aromatic rings. The topological polar surface area (TPSA) is 62.7 Å². The van der Waals surface area contributed by atoms with Gasteiger partial charge in [0.15, 0.2) is 0 Å². The summed E-state index contributed by atoms with van der Waals surface area (Å²) in [5.74, 6) is 0. The van der Waals surface area contributed by atoms with Crippen molar-refractivity contribution in [3.63, 3.8) is 0 Å². The molecule has 2 N–H and O–H groups in total. The summed E-state index contributed by atoms with van der Waals surface area (Å²) in [6, 6.07) is 2.88. The van der Waals surface area contributed by atoms with Gasteiger partial charge in [-0.15, -0.1) is 0 Å². The third-order valence-electron chi connectivity index (χ3n) is 1.61. The summed E-state index contributed by atoms with van der Waals surface area (Å²) in [5.41, 5.74) is 5.21. The number of rotatable bonds is 2. The first-order valence-electron chi connectivity index (χ1n) is 3.67. The molecule has 0 saturated heterocycles. The highest BCUT2D eigenvalue weighted by molar-refractivity contribution is 14.1. The quantitative estimate of drug-likeness (QED) is 0.849. The molecule has 0 aliphatic rings. The van der Waals surface area contributed by atoms with Gasteiger partial charge in [0.2, 0.25) is 0 Å². The van der Waals surface area contributed by atoms with E-state index in [-0.39, 0.29) is 17.8 Å². The van der Waals surface area contributed by atoms with Crippen molar-refractivity contribution in [3.05, 3.63) is 26.6 Å². The third-order valence-corrected chi connectivity index (χ3v) is 2.55. The summed E-state index contributed by atoms with van der Waals surface area (Å²) in [4.78, 5) is 3.76. The highest BCUT2D eigenvalue weighted by Crippen LogP contribution is 2.24. The number of halogens is 3. The fourth-order valence-corrected chi connectivity index (χ4v) is 1.62. The van der Waals surface area contributed by atoms with E-state index in [2.05, 4.69) is 4.98 Å². The molecule has 0 aliphatic carbocycles. The molecule has 0 fully saturated rings. The highest BCUT2D eigenvalue weighted by Gasteiger charge is 2.16. The first-order chi connectivity index (χ1) is 6.60. The Morgan fingerprint density at radius 2 is 2.29 bits per heavy atom. The SMILES string of the molecule is N#Cc1nc(CN)c(I)cc1C(F)F. The maximum absolute atomic E-state index is 12.4. The first kappa shape index (κ1) is 11.3. The number of hydrogen-bond donors (Lipinski definition) is 1. The molecular weight excluding hydrogens is 303 g/mol. The lowest BCUT2D eigenvalue weighted by atomic mass is 10.2. The van der Waals surface area contributed by atoms with Gasteiger partial charge in [0.25, 0.3) is 6.43 Å². The lowest BCUT2D eigenvalue weighted by molar-refractivity contribution is 0.150. The van der Waals surface area contributed by atoms with E-state index in [4.69, 9.17) is 11.0 Å². The number of nitriles is 1. The average Bonchev–Trinajstić information content (AvgIpc) is 2.17. The Kier molecular flexibility index (Phi) is 3.71. The second kappa shape index (κ2) is 4.61. The fourth-order valence-electron chi connectivity index (χ4n) is 0.940. The molecule has 0 aliphatic heterocycles. The predicted molar refractivity (Wildman–Crippen MR) is 54.5 cm³/mol. The molecule has 0 unspecified atom stereocenters. The van der Waals surface area contributed by atoms with Crippen molar-refractivity contribution in [3.8, 4) is 6.07 Å². The van der Waals surface area contributed by atoms with E-state index in [9.17, 15) is 8.78 Å². The van der Waals surface area contributed by atoms with Crippen LogP contribution in [-0.4, -0.2) is 4.98 Å². The number of nitrogens with two attached hydrogens (primary N) is 1. The van der Waals surface area contributed by atoms with E-state index < -0.39 is 6.43 Å². The van der Waals surface area contributed by atoms with Gasteiger partial charge in [-0.25, -0.2) is 13.8 Å². The summed E-state index contributed by atoms with van der Waals surface area (Å²) < 4.78 is 25.4. The van der Waals surface area contributed by atoms with Crippen molar-refractivity contribution in [2.75, 3.05) is 0 Å². The molecule has 6 heteroatoms. The number of pyridine rings is 1. The van der Waals surface area contributed by atoms with Crippen LogP contribution in [0.3, 0.4) is 0 Å². The van der Waals surface area contributed by atoms with Crippen molar-refractivity contribution >= 4 is 22.6 Å². The van der Waals surface area contributed by atoms with Crippen LogP contribution in [-0.2, 0) is 6.54 Å². The van der Waals surface area contributed by atoms with Crippen LogP contribution < -0.4 is 5.73 Å². The Hall–Kier alpha value is -0.810. The minimum atomic E-state index is -2.68. The smallest absolute Gasteiger partial charge is 0.266 e. The van der Waals surface area contributed by atoms with Crippen LogP contribution in [0.5, 0.6) is 0 Å². The third kappa shape index (κ3) is 2.16. The van der Waals surface area contributed by atoms with E-state index in [1.807, 2.05) is 22.6 Å². The van der Waals surface area contributed by atoms with E-state index in [1.54, 1.807) is 6.07 Å². The molecule has 1 heterocycles. The molecule has 0 spiro atoms. The number of hydrogen-bond acceptors (Lipinski definition) is 3. The molecule has 0 saturated carbocycles. The molecule has 0 amide bonds. The summed E-state index contributed by atoms with van der Waals surface area (Å²) in [7, 11) is 0. The van der Waals surface area contributed by atoms with Gasteiger partial charge in [-0.3, -0.25) is 0 Å². The van der Waals surface area contributed by atoms with Gasteiger partial charge in [0.1, 0.15) is 11.8 Å². The second-order valence-electron chi connectivity index (χ2n) is 2.47. The standard InChI is InChI=1S/C8H6F2IN3/c9-8(10)4-1-5(11)7(3-13)14-6(4)2-12/h1,8H,3,13H2. The van der Waals surface area contributed by atoms with Gasteiger partial charge in [-0.1, -0.05) is 0 Å². The molecule has 74 valence electrons. The Morgan fingerprint density at radius 1 is 1.64 bits per heavy atom. The summed E-state index contributed by atoms with van der Waals surface area (Å²) in [6.45, 7) is 0.135. The monoisotopic (exact) mass is 309 g/mol. The summed E-state index contributed by atoms with van der Waals surface area (Å²) >= 11 is 1.87. The normalized spacial score (nSPS) is 10.3. The van der Waals surface area contributed by atoms with Gasteiger partial charge < -0.3 is 5.73 Å². The molecule has 3 nitrogen and oxygen atoms in total. The summed E-state index contributed by atoms with van der Waals surface area (Å²) in [5, 5.41) is 8.59. The van der Waals surface area contributed by atoms with E-state index in [1.165, 1.54) is 6.07 Å². The van der Waals surface area contributed by atoms with Crippen LogP contribution in [0.2, 0.25) is 0 Å². The van der Waals surface area contributed by atoms with Crippen molar-refractivity contribution < 1.29 is 8.78 Å². The zero-order valence-corrected chi connectivity index (χ0v) is 9.12. The van der Waals surface area contributed by atoms with Crippen LogP contribution in [0.15, 0.2) is 6.07 Å². The Bertz CT molecular complexity index is 387. The van der Waals surface area contributed by atoms with Crippen LogP contribution in [0, 0.1) is 14.9 Å². The highest BCUT2D eigenvalue weighted by atomic mass is 127. The Labute approximate surface area is 93.1 Å². The van der Waals surface area contributed by atoms with Crippen LogP contribution in [0.4, 0.5) is 8.78 Å². The number of nitrogens with zero attached hydrogens (tertiary/aromatic N) is 2. The van der Waals surface area contributed by atoms with Crippen LogP contribution >= 0.6 is 22.6 Å². The Balaban J connectivity index is 3.33.